The fourth-order valence-electron chi connectivity index (χ4n) is 1.37. The Morgan fingerprint density at radius 2 is 1.83 bits per heavy atom. The van der Waals surface area contributed by atoms with Gasteiger partial charge in [0.25, 0.3) is 0 Å². The molecule has 0 atom stereocenters. The number of ether oxygens (including phenoxy) is 2. The van der Waals surface area contributed by atoms with E-state index in [1.807, 2.05) is 27.7 Å². The van der Waals surface area contributed by atoms with Gasteiger partial charge in [-0.3, -0.25) is 0 Å². The molecular formula is C12H22N4O2. The Hall–Kier alpha value is -1.40. The molecule has 0 spiro atoms. The average molecular weight is 254 g/mol. The predicted octanol–water partition coefficient (Wildman–Crippen LogP) is 1.57. The van der Waals surface area contributed by atoms with E-state index < -0.39 is 0 Å². The van der Waals surface area contributed by atoms with Crippen LogP contribution in [0.4, 0.5) is 5.82 Å². The van der Waals surface area contributed by atoms with Gasteiger partial charge in [0, 0.05) is 0 Å². The second kappa shape index (κ2) is 5.97. The van der Waals surface area contributed by atoms with Crippen LogP contribution >= 0.6 is 0 Å². The third-order valence-corrected chi connectivity index (χ3v) is 2.21. The maximum absolute atomic E-state index is 5.58. The summed E-state index contributed by atoms with van der Waals surface area (Å²) in [7, 11) is 0. The summed E-state index contributed by atoms with van der Waals surface area (Å²) in [6.45, 7) is 10.6. The van der Waals surface area contributed by atoms with Crippen molar-refractivity contribution < 1.29 is 9.47 Å². The average Bonchev–Trinajstić information content (AvgIpc) is 2.27. The number of hydrazine groups is 1. The van der Waals surface area contributed by atoms with Gasteiger partial charge >= 0.3 is 0 Å². The molecule has 1 aromatic heterocycles. The molecule has 6 nitrogen and oxygen atoms in total. The molecule has 0 amide bonds. The summed E-state index contributed by atoms with van der Waals surface area (Å²) in [6.07, 6.45) is 0. The molecule has 1 heterocycles. The molecule has 0 bridgehead atoms. The highest BCUT2D eigenvalue weighted by Gasteiger charge is 2.12. The lowest BCUT2D eigenvalue weighted by Crippen LogP contribution is -2.23. The Labute approximate surface area is 108 Å². The zero-order valence-corrected chi connectivity index (χ0v) is 11.7. The standard InChI is InChI=1S/C12H22N4O2/c1-8-10(16-13)14-9(2)15-11(8)17-6-7-18-12(3,4)5/h6-7,13H2,1-5H3,(H,14,15,16). The van der Waals surface area contributed by atoms with Gasteiger partial charge in [-0.2, -0.15) is 4.98 Å². The second-order valence-electron chi connectivity index (χ2n) is 5.00. The molecule has 0 saturated heterocycles. The summed E-state index contributed by atoms with van der Waals surface area (Å²) in [4.78, 5) is 8.39. The molecule has 0 radical (unpaired) electrons. The number of rotatable bonds is 5. The van der Waals surface area contributed by atoms with Crippen LogP contribution in [0.2, 0.25) is 0 Å². The normalized spacial score (nSPS) is 11.4. The van der Waals surface area contributed by atoms with Gasteiger partial charge in [0.1, 0.15) is 18.2 Å². The number of nitrogens with zero attached hydrogens (tertiary/aromatic N) is 2. The maximum atomic E-state index is 5.58. The van der Waals surface area contributed by atoms with Crippen molar-refractivity contribution in [3.63, 3.8) is 0 Å². The Morgan fingerprint density at radius 1 is 1.17 bits per heavy atom. The fraction of sp³-hybridized carbons (Fsp3) is 0.667. The first-order valence-corrected chi connectivity index (χ1v) is 5.92. The molecule has 0 aromatic carbocycles. The molecule has 6 heteroatoms. The molecule has 0 unspecified atom stereocenters. The van der Waals surface area contributed by atoms with Crippen LogP contribution in [0.15, 0.2) is 0 Å². The van der Waals surface area contributed by atoms with Gasteiger partial charge in [0.2, 0.25) is 5.88 Å². The van der Waals surface area contributed by atoms with Crippen molar-refractivity contribution in [2.75, 3.05) is 18.6 Å². The highest BCUT2D eigenvalue weighted by Crippen LogP contribution is 2.21. The minimum absolute atomic E-state index is 0.163. The van der Waals surface area contributed by atoms with E-state index in [0.29, 0.717) is 30.7 Å². The number of aryl methyl sites for hydroxylation is 1. The maximum Gasteiger partial charge on any atom is 0.221 e. The quantitative estimate of drug-likeness (QED) is 0.471. The number of nitrogens with one attached hydrogen (secondary N) is 1. The van der Waals surface area contributed by atoms with Gasteiger partial charge in [-0.15, -0.1) is 0 Å². The van der Waals surface area contributed by atoms with Crippen molar-refractivity contribution in [2.24, 2.45) is 5.84 Å². The van der Waals surface area contributed by atoms with Crippen LogP contribution in [0.1, 0.15) is 32.2 Å². The van der Waals surface area contributed by atoms with Gasteiger partial charge in [-0.25, -0.2) is 10.8 Å². The SMILES string of the molecule is Cc1nc(NN)c(C)c(OCCOC(C)(C)C)n1. The zero-order valence-electron chi connectivity index (χ0n) is 11.7. The molecule has 0 aliphatic carbocycles. The first kappa shape index (κ1) is 14.7. The fourth-order valence-corrected chi connectivity index (χ4v) is 1.37. The van der Waals surface area contributed by atoms with E-state index in [2.05, 4.69) is 15.4 Å². The Bertz CT molecular complexity index is 402. The topological polar surface area (TPSA) is 82.3 Å². The second-order valence-corrected chi connectivity index (χ2v) is 5.00. The van der Waals surface area contributed by atoms with Crippen LogP contribution < -0.4 is 16.0 Å². The van der Waals surface area contributed by atoms with Crippen LogP contribution in [-0.4, -0.2) is 28.8 Å². The van der Waals surface area contributed by atoms with Gasteiger partial charge in [0.05, 0.1) is 17.8 Å². The number of nitrogen functional groups attached to an aromatic ring is 1. The van der Waals surface area contributed by atoms with Crippen LogP contribution in [0, 0.1) is 13.8 Å². The minimum Gasteiger partial charge on any atom is -0.475 e. The molecule has 0 aliphatic rings. The van der Waals surface area contributed by atoms with Gasteiger partial charge in [-0.05, 0) is 34.6 Å². The first-order chi connectivity index (χ1) is 8.33. The smallest absolute Gasteiger partial charge is 0.221 e. The number of nitrogens with two attached hydrogens (primary N) is 1. The van der Waals surface area contributed by atoms with Crippen LogP contribution in [0.3, 0.4) is 0 Å². The highest BCUT2D eigenvalue weighted by atomic mass is 16.5. The van der Waals surface area contributed by atoms with Crippen molar-refractivity contribution in [1.82, 2.24) is 9.97 Å². The van der Waals surface area contributed by atoms with E-state index in [9.17, 15) is 0 Å². The van der Waals surface area contributed by atoms with Crippen molar-refractivity contribution >= 4 is 5.82 Å². The lowest BCUT2D eigenvalue weighted by Gasteiger charge is -2.19. The van der Waals surface area contributed by atoms with E-state index in [4.69, 9.17) is 15.3 Å². The summed E-state index contributed by atoms with van der Waals surface area (Å²) in [5.74, 6) is 7.10. The van der Waals surface area contributed by atoms with Crippen molar-refractivity contribution in [1.29, 1.82) is 0 Å². The van der Waals surface area contributed by atoms with E-state index in [1.54, 1.807) is 6.92 Å². The minimum atomic E-state index is -0.163. The van der Waals surface area contributed by atoms with Crippen LogP contribution in [-0.2, 0) is 4.74 Å². The molecule has 102 valence electrons. The Morgan fingerprint density at radius 3 is 2.39 bits per heavy atom. The van der Waals surface area contributed by atoms with Gasteiger partial charge < -0.3 is 14.9 Å². The van der Waals surface area contributed by atoms with E-state index >= 15 is 0 Å². The van der Waals surface area contributed by atoms with E-state index in [1.165, 1.54) is 0 Å². The molecule has 3 N–H and O–H groups in total. The molecule has 0 fully saturated rings. The van der Waals surface area contributed by atoms with Gasteiger partial charge in [-0.1, -0.05) is 0 Å². The number of anilines is 1. The molecular weight excluding hydrogens is 232 g/mol. The molecule has 18 heavy (non-hydrogen) atoms. The molecule has 0 saturated carbocycles. The molecule has 0 aliphatic heterocycles. The summed E-state index contributed by atoms with van der Waals surface area (Å²) < 4.78 is 11.2. The van der Waals surface area contributed by atoms with Crippen molar-refractivity contribution in [3.05, 3.63) is 11.4 Å². The molecule has 1 rings (SSSR count). The first-order valence-electron chi connectivity index (χ1n) is 5.92. The van der Waals surface area contributed by atoms with Crippen LogP contribution in [0.25, 0.3) is 0 Å². The Kier molecular flexibility index (Phi) is 4.86. The van der Waals surface area contributed by atoms with Crippen molar-refractivity contribution in [2.45, 2.75) is 40.2 Å². The van der Waals surface area contributed by atoms with E-state index in [0.717, 1.165) is 5.56 Å². The summed E-state index contributed by atoms with van der Waals surface area (Å²) in [5, 5.41) is 0. The van der Waals surface area contributed by atoms with Crippen molar-refractivity contribution in [3.8, 4) is 5.88 Å². The number of hydrogen-bond acceptors (Lipinski definition) is 6. The predicted molar refractivity (Wildman–Crippen MR) is 70.5 cm³/mol. The summed E-state index contributed by atoms with van der Waals surface area (Å²) in [6, 6.07) is 0. The lowest BCUT2D eigenvalue weighted by atomic mass is 10.2. The Balaban J connectivity index is 2.59. The summed E-state index contributed by atoms with van der Waals surface area (Å²) in [5.41, 5.74) is 3.16. The van der Waals surface area contributed by atoms with E-state index in [-0.39, 0.29) is 5.60 Å². The third-order valence-electron chi connectivity index (χ3n) is 2.21. The van der Waals surface area contributed by atoms with Crippen LogP contribution in [0.5, 0.6) is 5.88 Å². The number of hydrogen-bond donors (Lipinski definition) is 2. The van der Waals surface area contributed by atoms with Gasteiger partial charge in [0.15, 0.2) is 0 Å². The highest BCUT2D eigenvalue weighted by molar-refractivity contribution is 5.47. The number of aromatic nitrogens is 2. The summed E-state index contributed by atoms with van der Waals surface area (Å²) >= 11 is 0. The largest absolute Gasteiger partial charge is 0.475 e. The molecule has 1 aromatic rings. The lowest BCUT2D eigenvalue weighted by molar-refractivity contribution is -0.0169. The zero-order chi connectivity index (χ0) is 13.8. The monoisotopic (exact) mass is 254 g/mol. The third kappa shape index (κ3) is 4.46.